The lowest BCUT2D eigenvalue weighted by molar-refractivity contribution is -0.113. The number of phenolic OH excluding ortho intramolecular Hbond substituents is 1. The van der Waals surface area contributed by atoms with Crippen molar-refractivity contribution in [2.45, 2.75) is 6.92 Å². The maximum atomic E-state index is 10.9. The van der Waals surface area contributed by atoms with Crippen LogP contribution < -0.4 is 5.32 Å². The fourth-order valence-electron chi connectivity index (χ4n) is 0.931. The van der Waals surface area contributed by atoms with Crippen molar-refractivity contribution in [1.82, 2.24) is 0 Å². The summed E-state index contributed by atoms with van der Waals surface area (Å²) in [5, 5.41) is 12.2. The van der Waals surface area contributed by atoms with Crippen LogP contribution in [0.25, 0.3) is 0 Å². The molecule has 0 aliphatic carbocycles. The van der Waals surface area contributed by atoms with Gasteiger partial charge in [0.2, 0.25) is 5.91 Å². The number of benzene rings is 1. The molecule has 0 atom stereocenters. The number of nitrogens with one attached hydrogen (secondary N) is 1. The van der Waals surface area contributed by atoms with Gasteiger partial charge in [0.1, 0.15) is 5.75 Å². The van der Waals surface area contributed by atoms with Gasteiger partial charge in [0, 0.05) is 0 Å². The second-order valence-corrected chi connectivity index (χ2v) is 3.26. The van der Waals surface area contributed by atoms with Gasteiger partial charge in [-0.05, 0) is 24.6 Å². The minimum Gasteiger partial charge on any atom is -0.506 e. The number of amides is 1. The average Bonchev–Trinajstić information content (AvgIpc) is 2.09. The Morgan fingerprint density at radius 3 is 2.85 bits per heavy atom. The maximum Gasteiger partial charge on any atom is 0.235 e. The first kappa shape index (κ1) is 10.1. The standard InChI is InChI=1S/C9H10BrNO2/c1-6-2-3-7(8(12)4-6)11-9(13)5-10/h2-4,12H,5H2,1H3,(H,11,13). The van der Waals surface area contributed by atoms with Gasteiger partial charge in [-0.2, -0.15) is 0 Å². The molecule has 3 nitrogen and oxygen atoms in total. The molecule has 1 amide bonds. The van der Waals surface area contributed by atoms with Gasteiger partial charge in [-0.15, -0.1) is 0 Å². The Hall–Kier alpha value is -1.03. The number of hydrogen-bond donors (Lipinski definition) is 2. The van der Waals surface area contributed by atoms with Crippen LogP contribution in [0.5, 0.6) is 5.75 Å². The zero-order valence-corrected chi connectivity index (χ0v) is 8.76. The summed E-state index contributed by atoms with van der Waals surface area (Å²) >= 11 is 3.02. The van der Waals surface area contributed by atoms with Crippen LogP contribution in [0.2, 0.25) is 0 Å². The summed E-state index contributed by atoms with van der Waals surface area (Å²) in [5.41, 5.74) is 1.39. The van der Waals surface area contributed by atoms with Crippen molar-refractivity contribution < 1.29 is 9.90 Å². The number of halogens is 1. The molecule has 0 aliphatic heterocycles. The third kappa shape index (κ3) is 2.73. The van der Waals surface area contributed by atoms with Crippen LogP contribution in [0.3, 0.4) is 0 Å². The second-order valence-electron chi connectivity index (χ2n) is 2.70. The minimum absolute atomic E-state index is 0.0919. The van der Waals surface area contributed by atoms with E-state index in [2.05, 4.69) is 21.2 Å². The van der Waals surface area contributed by atoms with E-state index >= 15 is 0 Å². The van der Waals surface area contributed by atoms with Crippen LogP contribution in [-0.4, -0.2) is 16.3 Å². The van der Waals surface area contributed by atoms with Gasteiger partial charge in [-0.3, -0.25) is 4.79 Å². The Bertz CT molecular complexity index is 325. The topological polar surface area (TPSA) is 49.3 Å². The Balaban J connectivity index is 2.83. The lowest BCUT2D eigenvalue weighted by Gasteiger charge is -2.05. The molecule has 0 saturated heterocycles. The summed E-state index contributed by atoms with van der Waals surface area (Å²) in [6, 6.07) is 5.10. The monoisotopic (exact) mass is 243 g/mol. The second kappa shape index (κ2) is 4.28. The summed E-state index contributed by atoms with van der Waals surface area (Å²) in [5.74, 6) is -0.0894. The summed E-state index contributed by atoms with van der Waals surface area (Å²) in [7, 11) is 0. The molecular weight excluding hydrogens is 234 g/mol. The smallest absolute Gasteiger partial charge is 0.235 e. The Kier molecular flexibility index (Phi) is 3.31. The minimum atomic E-state index is -0.181. The van der Waals surface area contributed by atoms with Crippen molar-refractivity contribution in [3.8, 4) is 5.75 Å². The molecule has 0 fully saturated rings. The summed E-state index contributed by atoms with van der Waals surface area (Å²) in [6.07, 6.45) is 0. The van der Waals surface area contributed by atoms with E-state index in [1.807, 2.05) is 13.0 Å². The van der Waals surface area contributed by atoms with Crippen molar-refractivity contribution in [2.75, 3.05) is 10.6 Å². The third-order valence-electron chi connectivity index (χ3n) is 1.55. The van der Waals surface area contributed by atoms with E-state index in [-0.39, 0.29) is 17.0 Å². The fraction of sp³-hybridized carbons (Fsp3) is 0.222. The lowest BCUT2D eigenvalue weighted by Crippen LogP contribution is -2.12. The molecule has 0 heterocycles. The van der Waals surface area contributed by atoms with Crippen LogP contribution in [0.4, 0.5) is 5.69 Å². The molecule has 13 heavy (non-hydrogen) atoms. The van der Waals surface area contributed by atoms with Crippen LogP contribution in [0.15, 0.2) is 18.2 Å². The molecule has 0 aromatic heterocycles. The normalized spacial score (nSPS) is 9.69. The van der Waals surface area contributed by atoms with E-state index in [4.69, 9.17) is 0 Å². The SMILES string of the molecule is Cc1ccc(NC(=O)CBr)c(O)c1. The van der Waals surface area contributed by atoms with Gasteiger partial charge in [-0.25, -0.2) is 0 Å². The van der Waals surface area contributed by atoms with E-state index in [0.29, 0.717) is 5.69 Å². The molecule has 0 aliphatic rings. The van der Waals surface area contributed by atoms with Gasteiger partial charge >= 0.3 is 0 Å². The van der Waals surface area contributed by atoms with Crippen LogP contribution in [-0.2, 0) is 4.79 Å². The molecule has 0 bridgehead atoms. The highest BCUT2D eigenvalue weighted by Crippen LogP contribution is 2.23. The number of aromatic hydroxyl groups is 1. The first-order chi connectivity index (χ1) is 6.13. The van der Waals surface area contributed by atoms with E-state index < -0.39 is 0 Å². The van der Waals surface area contributed by atoms with Crippen molar-refractivity contribution >= 4 is 27.5 Å². The number of carbonyl (C=O) groups excluding carboxylic acids is 1. The van der Waals surface area contributed by atoms with Crippen molar-refractivity contribution in [2.24, 2.45) is 0 Å². The Labute approximate surface area is 84.9 Å². The number of aryl methyl sites for hydroxylation is 1. The Morgan fingerprint density at radius 1 is 1.62 bits per heavy atom. The number of anilines is 1. The number of rotatable bonds is 2. The molecule has 1 aromatic rings. The maximum absolute atomic E-state index is 10.9. The third-order valence-corrected chi connectivity index (χ3v) is 2.06. The van der Waals surface area contributed by atoms with Crippen molar-refractivity contribution in [3.63, 3.8) is 0 Å². The largest absolute Gasteiger partial charge is 0.506 e. The molecule has 2 N–H and O–H groups in total. The summed E-state index contributed by atoms with van der Waals surface area (Å²) in [6.45, 7) is 1.87. The van der Waals surface area contributed by atoms with Crippen molar-refractivity contribution in [1.29, 1.82) is 0 Å². The quantitative estimate of drug-likeness (QED) is 0.617. The highest BCUT2D eigenvalue weighted by Gasteiger charge is 2.04. The average molecular weight is 244 g/mol. The molecular formula is C9H10BrNO2. The summed E-state index contributed by atoms with van der Waals surface area (Å²) < 4.78 is 0. The highest BCUT2D eigenvalue weighted by molar-refractivity contribution is 9.09. The van der Waals surface area contributed by atoms with Crippen LogP contribution >= 0.6 is 15.9 Å². The van der Waals surface area contributed by atoms with Gasteiger partial charge < -0.3 is 10.4 Å². The predicted molar refractivity (Wildman–Crippen MR) is 55.3 cm³/mol. The van der Waals surface area contributed by atoms with Gasteiger partial charge in [-0.1, -0.05) is 22.0 Å². The van der Waals surface area contributed by atoms with Crippen LogP contribution in [0, 0.1) is 6.92 Å². The van der Waals surface area contributed by atoms with Gasteiger partial charge in [0.25, 0.3) is 0 Å². The first-order valence-electron chi connectivity index (χ1n) is 3.79. The molecule has 0 radical (unpaired) electrons. The van der Waals surface area contributed by atoms with Gasteiger partial charge in [0.15, 0.2) is 0 Å². The zero-order valence-electron chi connectivity index (χ0n) is 7.17. The molecule has 0 unspecified atom stereocenters. The number of carbonyl (C=O) groups is 1. The molecule has 0 saturated carbocycles. The predicted octanol–water partition coefficient (Wildman–Crippen LogP) is 2.03. The van der Waals surface area contributed by atoms with Gasteiger partial charge in [0.05, 0.1) is 11.0 Å². The molecule has 70 valence electrons. The van der Waals surface area contributed by atoms with E-state index in [9.17, 15) is 9.90 Å². The number of phenols is 1. The fourth-order valence-corrected chi connectivity index (χ4v) is 1.07. The highest BCUT2D eigenvalue weighted by atomic mass is 79.9. The first-order valence-corrected chi connectivity index (χ1v) is 4.91. The zero-order chi connectivity index (χ0) is 9.84. The molecule has 0 spiro atoms. The van der Waals surface area contributed by atoms with Crippen LogP contribution in [0.1, 0.15) is 5.56 Å². The number of hydrogen-bond acceptors (Lipinski definition) is 2. The molecule has 4 heteroatoms. The molecule has 1 aromatic carbocycles. The number of alkyl halides is 1. The van der Waals surface area contributed by atoms with E-state index in [0.717, 1.165) is 5.56 Å². The Morgan fingerprint density at radius 2 is 2.31 bits per heavy atom. The lowest BCUT2D eigenvalue weighted by atomic mass is 10.2. The van der Waals surface area contributed by atoms with E-state index in [1.165, 1.54) is 0 Å². The van der Waals surface area contributed by atoms with E-state index in [1.54, 1.807) is 12.1 Å². The molecule has 1 rings (SSSR count). The summed E-state index contributed by atoms with van der Waals surface area (Å²) in [4.78, 5) is 10.9. The van der Waals surface area contributed by atoms with Crippen molar-refractivity contribution in [3.05, 3.63) is 23.8 Å².